The van der Waals surface area contributed by atoms with Crippen molar-refractivity contribution in [3.05, 3.63) is 96.6 Å². The second-order valence-electron chi connectivity index (χ2n) is 11.1. The predicted octanol–water partition coefficient (Wildman–Crippen LogP) is 6.20. The molecule has 1 saturated heterocycles. The standard InChI is InChI=1S/C37H42O11/c1-4-7-34(45-26-37(6-3)24-42-25-37)46-30-14-10-28(11-15-30)36(40)48-32-18-16-31(17-19-32)47-35(39)27-8-12-29(13-9-27)43-22-20-41-21-23-44-33(38)5-2/h5,8-19,34H,2,4,6-7,20-26H2,1,3H3. The molecule has 1 aliphatic heterocycles. The van der Waals surface area contributed by atoms with Crippen LogP contribution in [0.5, 0.6) is 23.0 Å². The van der Waals surface area contributed by atoms with Gasteiger partial charge in [0.05, 0.1) is 44.2 Å². The van der Waals surface area contributed by atoms with Gasteiger partial charge >= 0.3 is 17.9 Å². The molecule has 1 fully saturated rings. The van der Waals surface area contributed by atoms with Gasteiger partial charge in [-0.25, -0.2) is 14.4 Å². The second-order valence-corrected chi connectivity index (χ2v) is 11.1. The lowest BCUT2D eigenvalue weighted by Gasteiger charge is -2.41. The van der Waals surface area contributed by atoms with Gasteiger partial charge in [-0.05, 0) is 79.2 Å². The monoisotopic (exact) mass is 662 g/mol. The summed E-state index contributed by atoms with van der Waals surface area (Å²) in [6.07, 6.45) is 3.34. The van der Waals surface area contributed by atoms with E-state index in [9.17, 15) is 14.4 Å². The van der Waals surface area contributed by atoms with Gasteiger partial charge in [-0.2, -0.15) is 0 Å². The number of rotatable bonds is 20. The van der Waals surface area contributed by atoms with Crippen molar-refractivity contribution in [2.45, 2.75) is 39.4 Å². The Bertz CT molecular complexity index is 1460. The molecular weight excluding hydrogens is 620 g/mol. The molecule has 0 amide bonds. The van der Waals surface area contributed by atoms with E-state index >= 15 is 0 Å². The minimum atomic E-state index is -0.556. The van der Waals surface area contributed by atoms with Crippen molar-refractivity contribution in [2.75, 3.05) is 46.2 Å². The van der Waals surface area contributed by atoms with E-state index in [1.807, 2.05) is 0 Å². The van der Waals surface area contributed by atoms with Crippen molar-refractivity contribution in [1.29, 1.82) is 0 Å². The van der Waals surface area contributed by atoms with E-state index in [0.717, 1.165) is 25.3 Å². The van der Waals surface area contributed by atoms with Crippen LogP contribution in [0.25, 0.3) is 0 Å². The molecule has 4 rings (SSSR count). The molecule has 11 heteroatoms. The summed E-state index contributed by atoms with van der Waals surface area (Å²) < 4.78 is 44.2. The van der Waals surface area contributed by atoms with E-state index in [0.29, 0.717) is 54.8 Å². The first-order valence-electron chi connectivity index (χ1n) is 15.9. The van der Waals surface area contributed by atoms with Crippen LogP contribution in [0.1, 0.15) is 53.8 Å². The Morgan fingerprint density at radius 3 is 1.81 bits per heavy atom. The molecule has 0 radical (unpaired) electrons. The maximum absolute atomic E-state index is 12.7. The maximum atomic E-state index is 12.7. The second kappa shape index (κ2) is 18.6. The molecule has 1 atom stereocenters. The normalized spacial score (nSPS) is 13.8. The molecule has 0 aliphatic carbocycles. The zero-order chi connectivity index (χ0) is 34.2. The van der Waals surface area contributed by atoms with Crippen molar-refractivity contribution in [3.63, 3.8) is 0 Å². The van der Waals surface area contributed by atoms with Gasteiger partial charge in [-0.1, -0.05) is 26.8 Å². The Balaban J connectivity index is 1.18. The number of benzene rings is 3. The minimum Gasteiger partial charge on any atom is -0.491 e. The minimum absolute atomic E-state index is 0.0665. The van der Waals surface area contributed by atoms with E-state index in [4.69, 9.17) is 37.9 Å². The molecule has 1 unspecified atom stereocenters. The van der Waals surface area contributed by atoms with Crippen LogP contribution in [0.3, 0.4) is 0 Å². The van der Waals surface area contributed by atoms with Gasteiger partial charge in [-0.15, -0.1) is 0 Å². The molecule has 0 saturated carbocycles. The molecule has 1 heterocycles. The third kappa shape index (κ3) is 11.2. The van der Waals surface area contributed by atoms with Crippen LogP contribution >= 0.6 is 0 Å². The molecule has 256 valence electrons. The number of esters is 3. The fourth-order valence-corrected chi connectivity index (χ4v) is 4.46. The lowest BCUT2D eigenvalue weighted by molar-refractivity contribution is -0.187. The van der Waals surface area contributed by atoms with Gasteiger partial charge < -0.3 is 37.9 Å². The topological polar surface area (TPSA) is 125 Å². The summed E-state index contributed by atoms with van der Waals surface area (Å²) in [4.78, 5) is 36.3. The fourth-order valence-electron chi connectivity index (χ4n) is 4.46. The SMILES string of the molecule is C=CC(=O)OCCOCCOc1ccc(C(=O)Oc2ccc(OC(=O)c3ccc(OC(CCC)OCC4(CC)COC4)cc3)cc2)cc1. The zero-order valence-corrected chi connectivity index (χ0v) is 27.4. The first kappa shape index (κ1) is 36.1. The van der Waals surface area contributed by atoms with E-state index in [2.05, 4.69) is 20.4 Å². The quantitative estimate of drug-likeness (QED) is 0.0452. The van der Waals surface area contributed by atoms with Crippen molar-refractivity contribution in [2.24, 2.45) is 5.41 Å². The van der Waals surface area contributed by atoms with Gasteiger partial charge in [0.2, 0.25) is 0 Å². The third-order valence-electron chi connectivity index (χ3n) is 7.49. The summed E-state index contributed by atoms with van der Waals surface area (Å²) >= 11 is 0. The molecule has 0 spiro atoms. The molecule has 0 N–H and O–H groups in total. The van der Waals surface area contributed by atoms with Gasteiger partial charge in [0, 0.05) is 17.9 Å². The highest BCUT2D eigenvalue weighted by Gasteiger charge is 2.38. The molecule has 3 aromatic carbocycles. The van der Waals surface area contributed by atoms with Crippen molar-refractivity contribution >= 4 is 17.9 Å². The smallest absolute Gasteiger partial charge is 0.343 e. The van der Waals surface area contributed by atoms with E-state index in [1.165, 1.54) is 0 Å². The molecule has 0 bridgehead atoms. The van der Waals surface area contributed by atoms with E-state index in [1.54, 1.807) is 72.8 Å². The average Bonchev–Trinajstić information content (AvgIpc) is 3.08. The molecule has 11 nitrogen and oxygen atoms in total. The first-order chi connectivity index (χ1) is 23.3. The van der Waals surface area contributed by atoms with Crippen LogP contribution in [-0.2, 0) is 23.7 Å². The lowest BCUT2D eigenvalue weighted by atomic mass is 9.84. The average molecular weight is 663 g/mol. The van der Waals surface area contributed by atoms with Crippen LogP contribution in [0.4, 0.5) is 0 Å². The van der Waals surface area contributed by atoms with E-state index in [-0.39, 0.29) is 37.3 Å². The number of hydrogen-bond donors (Lipinski definition) is 0. The summed E-state index contributed by atoms with van der Waals surface area (Å²) in [5.41, 5.74) is 0.752. The zero-order valence-electron chi connectivity index (χ0n) is 27.4. The third-order valence-corrected chi connectivity index (χ3v) is 7.49. The number of carbonyl (C=O) groups excluding carboxylic acids is 3. The molecule has 0 aromatic heterocycles. The van der Waals surface area contributed by atoms with Crippen LogP contribution in [0, 0.1) is 5.41 Å². The van der Waals surface area contributed by atoms with Crippen LogP contribution < -0.4 is 18.9 Å². The molecular formula is C37H42O11. The summed E-state index contributed by atoms with van der Waals surface area (Å²) in [7, 11) is 0. The number of hydrogen-bond acceptors (Lipinski definition) is 11. The number of carbonyl (C=O) groups is 3. The summed E-state index contributed by atoms with van der Waals surface area (Å²) in [5.74, 6) is 0.141. The molecule has 48 heavy (non-hydrogen) atoms. The Kier molecular flexibility index (Phi) is 14.0. The van der Waals surface area contributed by atoms with Crippen molar-refractivity contribution in [1.82, 2.24) is 0 Å². The van der Waals surface area contributed by atoms with Crippen LogP contribution in [0.15, 0.2) is 85.5 Å². The van der Waals surface area contributed by atoms with Crippen LogP contribution in [0.2, 0.25) is 0 Å². The Labute approximate surface area is 280 Å². The highest BCUT2D eigenvalue weighted by atomic mass is 16.7. The fraction of sp³-hybridized carbons (Fsp3) is 0.378. The van der Waals surface area contributed by atoms with Gasteiger partial charge in [0.25, 0.3) is 0 Å². The van der Waals surface area contributed by atoms with Crippen molar-refractivity contribution < 1.29 is 52.3 Å². The van der Waals surface area contributed by atoms with E-state index < -0.39 is 17.9 Å². The molecule has 3 aromatic rings. The maximum Gasteiger partial charge on any atom is 0.343 e. The Morgan fingerprint density at radius 1 is 0.771 bits per heavy atom. The highest BCUT2D eigenvalue weighted by Crippen LogP contribution is 2.32. The van der Waals surface area contributed by atoms with Gasteiger partial charge in [0.15, 0.2) is 6.29 Å². The first-order valence-corrected chi connectivity index (χ1v) is 15.9. The van der Waals surface area contributed by atoms with Crippen LogP contribution in [-0.4, -0.2) is 70.4 Å². The Morgan fingerprint density at radius 2 is 1.31 bits per heavy atom. The van der Waals surface area contributed by atoms with Gasteiger partial charge in [0.1, 0.15) is 36.2 Å². The van der Waals surface area contributed by atoms with Gasteiger partial charge in [-0.3, -0.25) is 0 Å². The number of ether oxygens (including phenoxy) is 8. The largest absolute Gasteiger partial charge is 0.491 e. The molecule has 1 aliphatic rings. The highest BCUT2D eigenvalue weighted by molar-refractivity contribution is 5.92. The Hall–Kier alpha value is -4.71. The summed E-state index contributed by atoms with van der Waals surface area (Å²) in [6.45, 7) is 10.5. The lowest BCUT2D eigenvalue weighted by Crippen LogP contribution is -2.46. The van der Waals surface area contributed by atoms with Crippen molar-refractivity contribution in [3.8, 4) is 23.0 Å². The summed E-state index contributed by atoms with van der Waals surface area (Å²) in [6, 6.07) is 19.4. The predicted molar refractivity (Wildman–Crippen MR) is 176 cm³/mol. The summed E-state index contributed by atoms with van der Waals surface area (Å²) in [5, 5.41) is 0.